The quantitative estimate of drug-likeness (QED) is 0.798. The highest BCUT2D eigenvalue weighted by molar-refractivity contribution is 6.53. The standard InChI is InChI=1S/C17H23Cl2NO/c1-11(20-14(21)16(5)10-17(16,18)19)12-6-8-13(9-7-12)15(2,3)4/h6-9,11H,10H2,1-5H3,(H,20,21). The van der Waals surface area contributed by atoms with E-state index in [1.54, 1.807) is 6.92 Å². The van der Waals surface area contributed by atoms with Crippen molar-refractivity contribution in [3.05, 3.63) is 35.4 Å². The van der Waals surface area contributed by atoms with Crippen LogP contribution >= 0.6 is 23.2 Å². The van der Waals surface area contributed by atoms with Gasteiger partial charge in [0.25, 0.3) is 0 Å². The van der Waals surface area contributed by atoms with Gasteiger partial charge >= 0.3 is 0 Å². The molecule has 0 aromatic heterocycles. The third-order valence-corrected chi connectivity index (χ3v) is 5.48. The number of hydrogen-bond acceptors (Lipinski definition) is 1. The minimum absolute atomic E-state index is 0.0620. The Morgan fingerprint density at radius 3 is 2.10 bits per heavy atom. The number of alkyl halides is 2. The normalized spacial score (nSPS) is 25.3. The van der Waals surface area contributed by atoms with Crippen LogP contribution in [-0.2, 0) is 10.2 Å². The highest BCUT2D eigenvalue weighted by Gasteiger charge is 2.67. The largest absolute Gasteiger partial charge is 0.349 e. The molecule has 2 unspecified atom stereocenters. The molecule has 2 rings (SSSR count). The van der Waals surface area contributed by atoms with Gasteiger partial charge in [-0.1, -0.05) is 45.0 Å². The lowest BCUT2D eigenvalue weighted by Crippen LogP contribution is -2.35. The highest BCUT2D eigenvalue weighted by atomic mass is 35.5. The second-order valence-electron chi connectivity index (χ2n) is 7.28. The van der Waals surface area contributed by atoms with Crippen LogP contribution in [0.3, 0.4) is 0 Å². The van der Waals surface area contributed by atoms with Gasteiger partial charge in [-0.25, -0.2) is 0 Å². The van der Waals surface area contributed by atoms with Gasteiger partial charge in [-0.05, 0) is 36.8 Å². The summed E-state index contributed by atoms with van der Waals surface area (Å²) in [6.07, 6.45) is 0.505. The summed E-state index contributed by atoms with van der Waals surface area (Å²) in [6.45, 7) is 10.3. The molecule has 0 bridgehead atoms. The smallest absolute Gasteiger partial charge is 0.229 e. The van der Waals surface area contributed by atoms with Crippen molar-refractivity contribution in [2.24, 2.45) is 5.41 Å². The molecule has 21 heavy (non-hydrogen) atoms. The predicted octanol–water partition coefficient (Wildman–Crippen LogP) is 4.75. The van der Waals surface area contributed by atoms with E-state index in [0.717, 1.165) is 5.56 Å². The van der Waals surface area contributed by atoms with Crippen LogP contribution in [-0.4, -0.2) is 10.2 Å². The number of halogens is 2. The van der Waals surface area contributed by atoms with E-state index in [-0.39, 0.29) is 17.4 Å². The Kier molecular flexibility index (Phi) is 4.10. The fraction of sp³-hybridized carbons (Fsp3) is 0.588. The summed E-state index contributed by atoms with van der Waals surface area (Å²) in [5, 5.41) is 3.00. The van der Waals surface area contributed by atoms with Crippen molar-refractivity contribution in [1.82, 2.24) is 5.32 Å². The van der Waals surface area contributed by atoms with E-state index < -0.39 is 9.75 Å². The van der Waals surface area contributed by atoms with Crippen LogP contribution in [0.4, 0.5) is 0 Å². The lowest BCUT2D eigenvalue weighted by atomic mass is 9.86. The zero-order valence-electron chi connectivity index (χ0n) is 13.3. The first kappa shape index (κ1) is 16.6. The van der Waals surface area contributed by atoms with Gasteiger partial charge < -0.3 is 5.32 Å². The average Bonchev–Trinajstić information content (AvgIpc) is 2.89. The van der Waals surface area contributed by atoms with Crippen molar-refractivity contribution in [3.63, 3.8) is 0 Å². The van der Waals surface area contributed by atoms with Gasteiger partial charge in [-0.3, -0.25) is 4.79 Å². The molecule has 1 saturated carbocycles. The predicted molar refractivity (Wildman–Crippen MR) is 88.9 cm³/mol. The minimum atomic E-state index is -0.924. The molecule has 1 aliphatic carbocycles. The zero-order chi connectivity index (χ0) is 16.1. The van der Waals surface area contributed by atoms with E-state index in [4.69, 9.17) is 23.2 Å². The van der Waals surface area contributed by atoms with Gasteiger partial charge in [-0.15, -0.1) is 23.2 Å². The molecule has 0 aliphatic heterocycles. The fourth-order valence-electron chi connectivity index (χ4n) is 2.36. The Hall–Kier alpha value is -0.730. The van der Waals surface area contributed by atoms with Crippen molar-refractivity contribution in [2.75, 3.05) is 0 Å². The van der Waals surface area contributed by atoms with Crippen LogP contribution in [0.5, 0.6) is 0 Å². The van der Waals surface area contributed by atoms with Crippen molar-refractivity contribution >= 4 is 29.1 Å². The van der Waals surface area contributed by atoms with Gasteiger partial charge in [0, 0.05) is 0 Å². The van der Waals surface area contributed by atoms with Gasteiger partial charge in [0.1, 0.15) is 4.33 Å². The summed E-state index contributed by atoms with van der Waals surface area (Å²) in [5.74, 6) is -0.0834. The van der Waals surface area contributed by atoms with E-state index in [1.807, 2.05) is 6.92 Å². The van der Waals surface area contributed by atoms with E-state index in [2.05, 4.69) is 50.4 Å². The molecule has 1 N–H and O–H groups in total. The van der Waals surface area contributed by atoms with Crippen LogP contribution in [0.15, 0.2) is 24.3 Å². The Labute approximate surface area is 137 Å². The molecule has 1 amide bonds. The molecule has 1 aromatic carbocycles. The van der Waals surface area contributed by atoms with Crippen molar-refractivity contribution in [1.29, 1.82) is 0 Å². The average molecular weight is 328 g/mol. The third kappa shape index (κ3) is 3.22. The Bertz CT molecular complexity index is 545. The molecule has 2 nitrogen and oxygen atoms in total. The summed E-state index contributed by atoms with van der Waals surface area (Å²) in [4.78, 5) is 12.3. The molecule has 4 heteroatoms. The third-order valence-electron chi connectivity index (χ3n) is 4.38. The summed E-state index contributed by atoms with van der Waals surface area (Å²) >= 11 is 12.1. The molecule has 1 aromatic rings. The highest BCUT2D eigenvalue weighted by Crippen LogP contribution is 2.63. The number of rotatable bonds is 3. The summed E-state index contributed by atoms with van der Waals surface area (Å²) < 4.78 is -0.924. The molecular formula is C17H23Cl2NO. The van der Waals surface area contributed by atoms with E-state index in [0.29, 0.717) is 6.42 Å². The molecular weight excluding hydrogens is 305 g/mol. The van der Waals surface area contributed by atoms with Crippen LogP contribution in [0.1, 0.15) is 58.2 Å². The fourth-order valence-corrected chi connectivity index (χ4v) is 3.06. The first-order chi connectivity index (χ1) is 9.47. The van der Waals surface area contributed by atoms with Crippen molar-refractivity contribution in [2.45, 2.75) is 56.8 Å². The molecule has 1 aliphatic rings. The minimum Gasteiger partial charge on any atom is -0.349 e. The number of benzene rings is 1. The van der Waals surface area contributed by atoms with Crippen LogP contribution in [0.25, 0.3) is 0 Å². The second-order valence-corrected chi connectivity index (χ2v) is 8.76. The monoisotopic (exact) mass is 327 g/mol. The zero-order valence-corrected chi connectivity index (χ0v) is 14.8. The van der Waals surface area contributed by atoms with Crippen LogP contribution in [0, 0.1) is 5.41 Å². The summed E-state index contributed by atoms with van der Waals surface area (Å²) in [6, 6.07) is 8.30. The maximum absolute atomic E-state index is 12.3. The van der Waals surface area contributed by atoms with Gasteiger partial charge in [-0.2, -0.15) is 0 Å². The second kappa shape index (κ2) is 5.17. The summed E-state index contributed by atoms with van der Waals surface area (Å²) in [7, 11) is 0. The molecule has 0 spiro atoms. The number of carbonyl (C=O) groups excluding carboxylic acids is 1. The van der Waals surface area contributed by atoms with Crippen LogP contribution in [0.2, 0.25) is 0 Å². The summed E-state index contributed by atoms with van der Waals surface area (Å²) in [5.41, 5.74) is 1.81. The first-order valence-electron chi connectivity index (χ1n) is 7.27. The Morgan fingerprint density at radius 2 is 1.71 bits per heavy atom. The van der Waals surface area contributed by atoms with Crippen molar-refractivity contribution < 1.29 is 4.79 Å². The Morgan fingerprint density at radius 1 is 1.24 bits per heavy atom. The SMILES string of the molecule is CC(NC(=O)C1(C)CC1(Cl)Cl)c1ccc(C(C)(C)C)cc1. The number of amides is 1. The van der Waals surface area contributed by atoms with Gasteiger partial charge in [0.15, 0.2) is 0 Å². The molecule has 116 valence electrons. The maximum atomic E-state index is 12.3. The molecule has 0 radical (unpaired) electrons. The number of hydrogen-bond donors (Lipinski definition) is 1. The Balaban J connectivity index is 2.04. The van der Waals surface area contributed by atoms with Crippen LogP contribution < -0.4 is 5.32 Å². The molecule has 0 heterocycles. The number of carbonyl (C=O) groups is 1. The molecule has 0 saturated heterocycles. The van der Waals surface area contributed by atoms with E-state index >= 15 is 0 Å². The molecule has 2 atom stereocenters. The first-order valence-corrected chi connectivity index (χ1v) is 8.02. The topological polar surface area (TPSA) is 29.1 Å². The van der Waals surface area contributed by atoms with E-state index in [9.17, 15) is 4.79 Å². The van der Waals surface area contributed by atoms with Crippen molar-refractivity contribution in [3.8, 4) is 0 Å². The van der Waals surface area contributed by atoms with E-state index in [1.165, 1.54) is 5.56 Å². The lowest BCUT2D eigenvalue weighted by Gasteiger charge is -2.22. The molecule has 1 fully saturated rings. The van der Waals surface area contributed by atoms with Gasteiger partial charge in [0.05, 0.1) is 11.5 Å². The number of nitrogens with one attached hydrogen (secondary N) is 1. The maximum Gasteiger partial charge on any atom is 0.229 e. The lowest BCUT2D eigenvalue weighted by molar-refractivity contribution is -0.126. The van der Waals surface area contributed by atoms with Gasteiger partial charge in [0.2, 0.25) is 5.91 Å².